The molecule has 1 aliphatic rings. The second-order valence-corrected chi connectivity index (χ2v) is 8.47. The van der Waals surface area contributed by atoms with Gasteiger partial charge in [0, 0.05) is 29.6 Å². The number of aromatic nitrogens is 3. The molecule has 0 saturated heterocycles. The summed E-state index contributed by atoms with van der Waals surface area (Å²) in [6.07, 6.45) is 0.0807. The lowest BCUT2D eigenvalue weighted by Gasteiger charge is -2.15. The van der Waals surface area contributed by atoms with Crippen molar-refractivity contribution in [1.82, 2.24) is 20.1 Å². The van der Waals surface area contributed by atoms with Gasteiger partial charge >= 0.3 is 11.9 Å². The van der Waals surface area contributed by atoms with E-state index in [0.29, 0.717) is 40.2 Å². The van der Waals surface area contributed by atoms with Gasteiger partial charge in [-0.05, 0) is 44.2 Å². The largest absolute Gasteiger partial charge is 0.482 e. The predicted molar refractivity (Wildman–Crippen MR) is 131 cm³/mol. The maximum Gasteiger partial charge on any atom is 0.351 e. The van der Waals surface area contributed by atoms with Crippen molar-refractivity contribution in [3.8, 4) is 11.4 Å². The third-order valence-electron chi connectivity index (χ3n) is 5.38. The molecule has 1 N–H and O–H groups in total. The molecular weight excluding hydrogens is 486 g/mol. The molecule has 1 amide bonds. The van der Waals surface area contributed by atoms with Crippen LogP contribution in [0.2, 0.25) is 5.02 Å². The fourth-order valence-corrected chi connectivity index (χ4v) is 4.04. The number of aliphatic imine (C=N–C) groups is 1. The van der Waals surface area contributed by atoms with Crippen molar-refractivity contribution in [3.05, 3.63) is 70.3 Å². The predicted octanol–water partition coefficient (Wildman–Crippen LogP) is 3.12. The monoisotopic (exact) mass is 509 g/mol. The van der Waals surface area contributed by atoms with E-state index in [2.05, 4.69) is 20.3 Å². The normalized spacial score (nSPS) is 14.1. The van der Waals surface area contributed by atoms with Crippen molar-refractivity contribution in [1.29, 1.82) is 0 Å². The van der Waals surface area contributed by atoms with Gasteiger partial charge in [-0.25, -0.2) is 4.79 Å². The zero-order chi connectivity index (χ0) is 25.8. The first-order chi connectivity index (χ1) is 17.3. The summed E-state index contributed by atoms with van der Waals surface area (Å²) < 4.78 is 12.0. The number of hydrogen-bond donors (Lipinski definition) is 1. The van der Waals surface area contributed by atoms with Crippen LogP contribution in [0.4, 0.5) is 0 Å². The van der Waals surface area contributed by atoms with Crippen molar-refractivity contribution in [2.24, 2.45) is 4.99 Å². The molecule has 2 aromatic carbocycles. The summed E-state index contributed by atoms with van der Waals surface area (Å²) in [5.74, 6) is -0.154. The Labute approximate surface area is 212 Å². The van der Waals surface area contributed by atoms with E-state index in [4.69, 9.17) is 21.3 Å². The van der Waals surface area contributed by atoms with Crippen LogP contribution in [0.25, 0.3) is 5.69 Å². The first-order valence-corrected chi connectivity index (χ1v) is 11.7. The summed E-state index contributed by atoms with van der Waals surface area (Å²) in [5.41, 5.74) is 2.78. The average molecular weight is 510 g/mol. The highest BCUT2D eigenvalue weighted by Crippen LogP contribution is 2.34. The van der Waals surface area contributed by atoms with Crippen molar-refractivity contribution in [2.75, 3.05) is 13.2 Å². The number of rotatable bonds is 7. The van der Waals surface area contributed by atoms with Gasteiger partial charge < -0.3 is 14.8 Å². The van der Waals surface area contributed by atoms with E-state index in [1.807, 2.05) is 30.5 Å². The summed E-state index contributed by atoms with van der Waals surface area (Å²) in [7, 11) is 0. The molecule has 0 bridgehead atoms. The number of carbonyl (C=O) groups excluding carboxylic acids is 3. The van der Waals surface area contributed by atoms with E-state index in [-0.39, 0.29) is 12.3 Å². The van der Waals surface area contributed by atoms with Crippen LogP contribution in [0.15, 0.2) is 47.5 Å². The third kappa shape index (κ3) is 5.44. The number of fused-ring (bicyclic) bond motifs is 3. The van der Waals surface area contributed by atoms with Gasteiger partial charge in [0.25, 0.3) is 0 Å². The fraction of sp³-hybridized carbons (Fsp3) is 0.280. The SMILES string of the molecule is CCNC(=O)CC1N=C(c2ccc(Cl)cc2)c2cc(OCC(=O)OC(C)=O)ccc2-n2c(C)nnc21. The highest BCUT2D eigenvalue weighted by Gasteiger charge is 2.30. The number of nitrogens with one attached hydrogen (secondary N) is 1. The number of ether oxygens (including phenoxy) is 2. The van der Waals surface area contributed by atoms with Crippen molar-refractivity contribution in [3.63, 3.8) is 0 Å². The molecule has 1 aliphatic heterocycles. The number of halogens is 1. The number of aryl methyl sites for hydroxylation is 1. The topological polar surface area (TPSA) is 125 Å². The van der Waals surface area contributed by atoms with Gasteiger partial charge in [-0.2, -0.15) is 0 Å². The first kappa shape index (κ1) is 25.1. The number of hydrogen-bond acceptors (Lipinski definition) is 8. The number of nitrogens with zero attached hydrogens (tertiary/aromatic N) is 4. The molecule has 0 saturated carbocycles. The lowest BCUT2D eigenvalue weighted by Crippen LogP contribution is -2.25. The van der Waals surface area contributed by atoms with E-state index >= 15 is 0 Å². The van der Waals surface area contributed by atoms with Gasteiger partial charge in [-0.1, -0.05) is 23.7 Å². The van der Waals surface area contributed by atoms with Crippen LogP contribution in [0.3, 0.4) is 0 Å². The second-order valence-electron chi connectivity index (χ2n) is 8.03. The molecule has 0 spiro atoms. The van der Waals surface area contributed by atoms with Gasteiger partial charge in [0.05, 0.1) is 17.8 Å². The molecule has 4 rings (SSSR count). The number of amides is 1. The van der Waals surface area contributed by atoms with E-state index in [0.717, 1.165) is 18.2 Å². The Kier molecular flexibility index (Phi) is 7.44. The molecule has 10 nitrogen and oxygen atoms in total. The Morgan fingerprint density at radius 1 is 1.11 bits per heavy atom. The molecule has 3 aromatic rings. The van der Waals surface area contributed by atoms with Gasteiger partial charge in [0.15, 0.2) is 12.4 Å². The molecule has 0 fully saturated rings. The Morgan fingerprint density at radius 2 is 1.86 bits per heavy atom. The van der Waals surface area contributed by atoms with Crippen LogP contribution in [0, 0.1) is 6.92 Å². The minimum absolute atomic E-state index is 0.0807. The van der Waals surface area contributed by atoms with Crippen molar-refractivity contribution < 1.29 is 23.9 Å². The Balaban J connectivity index is 1.83. The highest BCUT2D eigenvalue weighted by molar-refractivity contribution is 6.30. The third-order valence-corrected chi connectivity index (χ3v) is 5.63. The van der Waals surface area contributed by atoms with E-state index < -0.39 is 24.6 Å². The van der Waals surface area contributed by atoms with Crippen LogP contribution >= 0.6 is 11.6 Å². The maximum absolute atomic E-state index is 12.5. The number of carbonyl (C=O) groups is 3. The smallest absolute Gasteiger partial charge is 0.351 e. The van der Waals surface area contributed by atoms with E-state index in [9.17, 15) is 14.4 Å². The minimum atomic E-state index is -0.803. The molecule has 0 aliphatic carbocycles. The van der Waals surface area contributed by atoms with Crippen LogP contribution < -0.4 is 10.1 Å². The van der Waals surface area contributed by atoms with Crippen LogP contribution in [0.1, 0.15) is 49.1 Å². The summed E-state index contributed by atoms with van der Waals surface area (Å²) in [4.78, 5) is 40.3. The summed E-state index contributed by atoms with van der Waals surface area (Å²) >= 11 is 6.12. The lowest BCUT2D eigenvalue weighted by molar-refractivity contribution is -0.159. The lowest BCUT2D eigenvalue weighted by atomic mass is 10.00. The summed E-state index contributed by atoms with van der Waals surface area (Å²) in [6.45, 7) is 4.87. The van der Waals surface area contributed by atoms with Gasteiger partial charge in [0.2, 0.25) is 5.91 Å². The van der Waals surface area contributed by atoms with Crippen molar-refractivity contribution in [2.45, 2.75) is 33.2 Å². The summed E-state index contributed by atoms with van der Waals surface area (Å²) in [5, 5.41) is 12.0. The highest BCUT2D eigenvalue weighted by atomic mass is 35.5. The maximum atomic E-state index is 12.5. The van der Waals surface area contributed by atoms with E-state index in [1.165, 1.54) is 0 Å². The molecule has 1 unspecified atom stereocenters. The first-order valence-electron chi connectivity index (χ1n) is 11.3. The summed E-state index contributed by atoms with van der Waals surface area (Å²) in [6, 6.07) is 11.8. The molecule has 186 valence electrons. The number of benzene rings is 2. The van der Waals surface area contributed by atoms with Gasteiger partial charge in [-0.15, -0.1) is 10.2 Å². The quantitative estimate of drug-likeness (QED) is 0.383. The zero-order valence-corrected chi connectivity index (χ0v) is 20.7. The second kappa shape index (κ2) is 10.7. The Bertz CT molecular complexity index is 1350. The standard InChI is InChI=1S/C25H24ClN5O5/c1-4-27-22(33)12-20-25-30-29-14(2)31(25)21-10-9-18(35-13-23(34)36-15(3)32)11-19(21)24(28-20)16-5-7-17(26)8-6-16/h5-11,20H,4,12-13H2,1-3H3,(H,27,33). The van der Waals surface area contributed by atoms with Crippen LogP contribution in [-0.2, 0) is 19.1 Å². The Morgan fingerprint density at radius 3 is 2.56 bits per heavy atom. The zero-order valence-electron chi connectivity index (χ0n) is 19.9. The van der Waals surface area contributed by atoms with Crippen LogP contribution in [0.5, 0.6) is 5.75 Å². The molecule has 11 heteroatoms. The molecule has 1 aromatic heterocycles. The van der Waals surface area contributed by atoms with Crippen LogP contribution in [-0.4, -0.2) is 51.5 Å². The Hall–Kier alpha value is -4.05. The molecule has 0 radical (unpaired) electrons. The van der Waals surface area contributed by atoms with E-state index in [1.54, 1.807) is 30.3 Å². The fourth-order valence-electron chi connectivity index (χ4n) is 3.92. The molecule has 1 atom stereocenters. The van der Waals surface area contributed by atoms with Crippen molar-refractivity contribution >= 4 is 35.2 Å². The molecular formula is C25H24ClN5O5. The van der Waals surface area contributed by atoms with Gasteiger partial charge in [-0.3, -0.25) is 19.1 Å². The minimum Gasteiger partial charge on any atom is -0.482 e. The molecule has 2 heterocycles. The number of esters is 2. The molecule has 36 heavy (non-hydrogen) atoms. The van der Waals surface area contributed by atoms with Gasteiger partial charge in [0.1, 0.15) is 17.6 Å². The average Bonchev–Trinajstić information content (AvgIpc) is 3.15.